The molecule has 0 unspecified atom stereocenters. The Morgan fingerprint density at radius 1 is 0.806 bits per heavy atom. The fraction of sp³-hybridized carbons (Fsp3) is 0.375. The normalized spacial score (nSPS) is 13.6. The average Bonchev–Trinajstić information content (AvgIpc) is 2.79. The van der Waals surface area contributed by atoms with Crippen LogP contribution in [-0.4, -0.2) is 42.3 Å². The molecule has 7 nitrogen and oxygen atoms in total. The van der Waals surface area contributed by atoms with E-state index in [1.54, 1.807) is 36.4 Å². The summed E-state index contributed by atoms with van der Waals surface area (Å²) in [5.74, 6) is -0.262. The number of carbonyl (C=O) groups is 3. The summed E-state index contributed by atoms with van der Waals surface area (Å²) >= 11 is 0. The first-order valence-corrected chi connectivity index (χ1v) is 10.8. The van der Waals surface area contributed by atoms with E-state index in [1.807, 2.05) is 30.9 Å². The second-order valence-corrected chi connectivity index (χ2v) is 8.05. The molecule has 1 aliphatic rings. The lowest BCUT2D eigenvalue weighted by Crippen LogP contribution is -2.35. The van der Waals surface area contributed by atoms with Gasteiger partial charge in [-0.2, -0.15) is 0 Å². The second kappa shape index (κ2) is 10.6. The van der Waals surface area contributed by atoms with Gasteiger partial charge in [0, 0.05) is 41.6 Å². The Balaban J connectivity index is 1.46. The van der Waals surface area contributed by atoms with Crippen LogP contribution in [0, 0.1) is 5.92 Å². The van der Waals surface area contributed by atoms with Crippen molar-refractivity contribution >= 4 is 34.8 Å². The molecule has 1 saturated heterocycles. The summed E-state index contributed by atoms with van der Waals surface area (Å²) < 4.78 is 0. The van der Waals surface area contributed by atoms with Gasteiger partial charge in [-0.15, -0.1) is 0 Å². The van der Waals surface area contributed by atoms with Crippen LogP contribution in [0.25, 0.3) is 0 Å². The van der Waals surface area contributed by atoms with E-state index >= 15 is 0 Å². The third-order valence-corrected chi connectivity index (χ3v) is 5.19. The molecule has 2 aromatic carbocycles. The third-order valence-electron chi connectivity index (χ3n) is 5.19. The molecule has 2 aromatic rings. The number of carbonyl (C=O) groups excluding carboxylic acids is 3. The summed E-state index contributed by atoms with van der Waals surface area (Å²) in [7, 11) is 0. The van der Waals surface area contributed by atoms with E-state index in [0.717, 1.165) is 31.6 Å². The van der Waals surface area contributed by atoms with Crippen molar-refractivity contribution < 1.29 is 14.4 Å². The first kappa shape index (κ1) is 22.3. The topological polar surface area (TPSA) is 90.5 Å². The molecule has 31 heavy (non-hydrogen) atoms. The molecule has 3 N–H and O–H groups in total. The van der Waals surface area contributed by atoms with Gasteiger partial charge in [-0.05, 0) is 67.8 Å². The number of anilines is 3. The van der Waals surface area contributed by atoms with Crippen molar-refractivity contribution in [2.75, 3.05) is 35.6 Å². The van der Waals surface area contributed by atoms with Crippen molar-refractivity contribution in [2.45, 2.75) is 33.1 Å². The molecule has 0 bridgehead atoms. The van der Waals surface area contributed by atoms with Gasteiger partial charge in [0.05, 0.1) is 6.54 Å². The molecule has 3 amide bonds. The highest BCUT2D eigenvalue weighted by molar-refractivity contribution is 5.97. The fourth-order valence-electron chi connectivity index (χ4n) is 3.32. The first-order valence-electron chi connectivity index (χ1n) is 10.8. The van der Waals surface area contributed by atoms with Crippen LogP contribution in [0.2, 0.25) is 0 Å². The minimum absolute atomic E-state index is 0.0382. The van der Waals surface area contributed by atoms with Gasteiger partial charge < -0.3 is 20.9 Å². The van der Waals surface area contributed by atoms with Gasteiger partial charge in [0.25, 0.3) is 5.91 Å². The van der Waals surface area contributed by atoms with Crippen molar-refractivity contribution in [1.82, 2.24) is 4.90 Å². The Hall–Kier alpha value is -3.35. The van der Waals surface area contributed by atoms with Crippen LogP contribution in [0.5, 0.6) is 0 Å². The molecule has 0 aromatic heterocycles. The molecule has 164 valence electrons. The molecular formula is C24H30N4O3. The third kappa shape index (κ3) is 6.57. The van der Waals surface area contributed by atoms with Crippen LogP contribution in [0.15, 0.2) is 48.5 Å². The van der Waals surface area contributed by atoms with Crippen LogP contribution >= 0.6 is 0 Å². The predicted octanol–water partition coefficient (Wildman–Crippen LogP) is 3.96. The van der Waals surface area contributed by atoms with E-state index in [9.17, 15) is 14.4 Å². The highest BCUT2D eigenvalue weighted by Crippen LogP contribution is 2.16. The van der Waals surface area contributed by atoms with Crippen LogP contribution in [0.3, 0.4) is 0 Å². The number of hydrogen-bond donors (Lipinski definition) is 3. The number of rotatable bonds is 7. The van der Waals surface area contributed by atoms with Crippen molar-refractivity contribution in [2.24, 2.45) is 5.92 Å². The van der Waals surface area contributed by atoms with Gasteiger partial charge in [-0.3, -0.25) is 14.4 Å². The Bertz CT molecular complexity index is 901. The molecule has 0 atom stereocenters. The van der Waals surface area contributed by atoms with Gasteiger partial charge in [-0.25, -0.2) is 0 Å². The van der Waals surface area contributed by atoms with Gasteiger partial charge >= 0.3 is 0 Å². The van der Waals surface area contributed by atoms with Crippen molar-refractivity contribution in [3.63, 3.8) is 0 Å². The monoisotopic (exact) mass is 422 g/mol. The van der Waals surface area contributed by atoms with Crippen LogP contribution in [0.4, 0.5) is 17.1 Å². The predicted molar refractivity (Wildman–Crippen MR) is 123 cm³/mol. The summed E-state index contributed by atoms with van der Waals surface area (Å²) in [4.78, 5) is 38.4. The molecule has 3 rings (SSSR count). The summed E-state index contributed by atoms with van der Waals surface area (Å²) in [6.07, 6.45) is 3.30. The number of nitrogens with zero attached hydrogens (tertiary/aromatic N) is 1. The van der Waals surface area contributed by atoms with Gasteiger partial charge in [0.1, 0.15) is 0 Å². The summed E-state index contributed by atoms with van der Waals surface area (Å²) in [6.45, 7) is 5.41. The lowest BCUT2D eigenvalue weighted by atomic mass is 10.1. The number of benzene rings is 2. The molecular weight excluding hydrogens is 392 g/mol. The van der Waals surface area contributed by atoms with Crippen LogP contribution < -0.4 is 16.0 Å². The summed E-state index contributed by atoms with van der Waals surface area (Å²) in [5.41, 5.74) is 2.78. The molecule has 0 radical (unpaired) electrons. The minimum atomic E-state index is -0.188. The smallest absolute Gasteiger partial charge is 0.253 e. The zero-order valence-electron chi connectivity index (χ0n) is 18.1. The average molecular weight is 423 g/mol. The van der Waals surface area contributed by atoms with Crippen molar-refractivity contribution in [1.29, 1.82) is 0 Å². The SMILES string of the molecule is CC(C)C(=O)Nc1ccc(NCC(=O)Nc2ccc(C(=O)N3CCCCC3)cc2)cc1. The zero-order chi connectivity index (χ0) is 22.2. The second-order valence-electron chi connectivity index (χ2n) is 8.05. The maximum atomic E-state index is 12.5. The quantitative estimate of drug-likeness (QED) is 0.630. The zero-order valence-corrected chi connectivity index (χ0v) is 18.1. The van der Waals surface area contributed by atoms with E-state index in [1.165, 1.54) is 6.42 Å². The Kier molecular flexibility index (Phi) is 7.65. The lowest BCUT2D eigenvalue weighted by molar-refractivity contribution is -0.119. The molecule has 0 spiro atoms. The maximum absolute atomic E-state index is 12.5. The van der Waals surface area contributed by atoms with E-state index in [4.69, 9.17) is 0 Å². The lowest BCUT2D eigenvalue weighted by Gasteiger charge is -2.26. The highest BCUT2D eigenvalue weighted by Gasteiger charge is 2.18. The minimum Gasteiger partial charge on any atom is -0.376 e. The van der Waals surface area contributed by atoms with Crippen LogP contribution in [0.1, 0.15) is 43.5 Å². The molecule has 7 heteroatoms. The number of hydrogen-bond acceptors (Lipinski definition) is 4. The standard InChI is InChI=1S/C24H30N4O3/c1-17(2)23(30)27-21-12-10-19(11-13-21)25-16-22(29)26-20-8-6-18(7-9-20)24(31)28-14-4-3-5-15-28/h6-13,17,25H,3-5,14-16H2,1-2H3,(H,26,29)(H,27,30). The van der Waals surface area contributed by atoms with E-state index in [2.05, 4.69) is 16.0 Å². The molecule has 1 heterocycles. The summed E-state index contributed by atoms with van der Waals surface area (Å²) in [6, 6.07) is 14.2. The fourth-order valence-corrected chi connectivity index (χ4v) is 3.32. The van der Waals surface area contributed by atoms with Gasteiger partial charge in [0.15, 0.2) is 0 Å². The highest BCUT2D eigenvalue weighted by atomic mass is 16.2. The Morgan fingerprint density at radius 3 is 1.97 bits per heavy atom. The van der Waals surface area contributed by atoms with E-state index in [0.29, 0.717) is 16.9 Å². The molecule has 0 aliphatic carbocycles. The van der Waals surface area contributed by atoms with E-state index < -0.39 is 0 Å². The number of amides is 3. The van der Waals surface area contributed by atoms with Gasteiger partial charge in [0.2, 0.25) is 11.8 Å². The van der Waals surface area contributed by atoms with E-state index in [-0.39, 0.29) is 30.2 Å². The molecule has 1 fully saturated rings. The van der Waals surface area contributed by atoms with Crippen molar-refractivity contribution in [3.8, 4) is 0 Å². The Labute approximate surface area is 183 Å². The largest absolute Gasteiger partial charge is 0.376 e. The first-order chi connectivity index (χ1) is 14.9. The number of nitrogens with one attached hydrogen (secondary N) is 3. The van der Waals surface area contributed by atoms with Gasteiger partial charge in [-0.1, -0.05) is 13.8 Å². The Morgan fingerprint density at radius 2 is 1.35 bits per heavy atom. The summed E-state index contributed by atoms with van der Waals surface area (Å²) in [5, 5.41) is 8.71. The van der Waals surface area contributed by atoms with Crippen LogP contribution in [-0.2, 0) is 9.59 Å². The van der Waals surface area contributed by atoms with Crippen molar-refractivity contribution in [3.05, 3.63) is 54.1 Å². The number of piperidine rings is 1. The number of likely N-dealkylation sites (tertiary alicyclic amines) is 1. The maximum Gasteiger partial charge on any atom is 0.253 e. The molecule has 0 saturated carbocycles. The molecule has 1 aliphatic heterocycles.